The van der Waals surface area contributed by atoms with E-state index in [0.717, 1.165) is 47.8 Å². The average molecular weight is 457 g/mol. The molecule has 0 spiro atoms. The summed E-state index contributed by atoms with van der Waals surface area (Å²) in [6, 6.07) is 19.4. The zero-order valence-electron chi connectivity index (χ0n) is 19.1. The molecular formula is C28H28N2O4. The Morgan fingerprint density at radius 3 is 2.38 bits per heavy atom. The first-order valence-corrected chi connectivity index (χ1v) is 12.0. The van der Waals surface area contributed by atoms with Crippen LogP contribution in [-0.2, 0) is 15.2 Å². The number of fused-ring (bicyclic) bond motifs is 1. The fourth-order valence-electron chi connectivity index (χ4n) is 6.40. The first-order valence-electron chi connectivity index (χ1n) is 12.0. The summed E-state index contributed by atoms with van der Waals surface area (Å²) in [5.74, 6) is -0.619. The molecule has 6 rings (SSSR count). The van der Waals surface area contributed by atoms with Gasteiger partial charge in [0, 0.05) is 31.1 Å². The summed E-state index contributed by atoms with van der Waals surface area (Å²) in [4.78, 5) is 29.4. The molecule has 0 radical (unpaired) electrons. The number of rotatable bonds is 4. The predicted octanol–water partition coefficient (Wildman–Crippen LogP) is 3.61. The van der Waals surface area contributed by atoms with Crippen molar-refractivity contribution in [2.75, 3.05) is 18.0 Å². The van der Waals surface area contributed by atoms with Crippen molar-refractivity contribution in [3.05, 3.63) is 77.4 Å². The van der Waals surface area contributed by atoms with E-state index in [1.54, 1.807) is 17.0 Å². The largest absolute Gasteiger partial charge is 0.386 e. The van der Waals surface area contributed by atoms with Crippen LogP contribution < -0.4 is 4.90 Å². The van der Waals surface area contributed by atoms with Gasteiger partial charge >= 0.3 is 0 Å². The highest BCUT2D eigenvalue weighted by atomic mass is 16.3. The number of benzene rings is 3. The van der Waals surface area contributed by atoms with Crippen LogP contribution in [0.25, 0.3) is 10.8 Å². The van der Waals surface area contributed by atoms with E-state index in [9.17, 15) is 19.8 Å². The third kappa shape index (κ3) is 2.99. The van der Waals surface area contributed by atoms with Gasteiger partial charge in [0.1, 0.15) is 5.78 Å². The van der Waals surface area contributed by atoms with Crippen LogP contribution in [0.15, 0.2) is 60.7 Å². The van der Waals surface area contributed by atoms with Crippen LogP contribution in [0.4, 0.5) is 5.69 Å². The number of nitrogens with zero attached hydrogens (tertiary/aromatic N) is 2. The molecule has 2 N–H and O–H groups in total. The van der Waals surface area contributed by atoms with Crippen LogP contribution in [0, 0.1) is 0 Å². The number of amides is 1. The van der Waals surface area contributed by atoms with Crippen molar-refractivity contribution >= 4 is 28.2 Å². The molecule has 0 saturated carbocycles. The van der Waals surface area contributed by atoms with Crippen molar-refractivity contribution in [1.29, 1.82) is 0 Å². The molecule has 6 nitrogen and oxygen atoms in total. The lowest BCUT2D eigenvalue weighted by Crippen LogP contribution is -2.50. The van der Waals surface area contributed by atoms with Crippen molar-refractivity contribution in [2.45, 2.75) is 50.0 Å². The Morgan fingerprint density at radius 2 is 1.68 bits per heavy atom. The number of carbonyl (C=O) groups is 2. The highest BCUT2D eigenvalue weighted by Gasteiger charge is 2.52. The van der Waals surface area contributed by atoms with Crippen molar-refractivity contribution in [1.82, 2.24) is 4.90 Å². The molecule has 174 valence electrons. The van der Waals surface area contributed by atoms with Crippen LogP contribution in [0.3, 0.4) is 0 Å². The number of hydrogen-bond donors (Lipinski definition) is 2. The number of aliphatic hydroxyl groups excluding tert-OH is 1. The van der Waals surface area contributed by atoms with Crippen LogP contribution in [0.5, 0.6) is 0 Å². The van der Waals surface area contributed by atoms with E-state index < -0.39 is 17.6 Å². The van der Waals surface area contributed by atoms with E-state index in [1.807, 2.05) is 24.3 Å². The van der Waals surface area contributed by atoms with Gasteiger partial charge in [-0.15, -0.1) is 0 Å². The maximum Gasteiger partial charge on any atom is 0.264 e. The minimum atomic E-state index is -1.79. The number of aliphatic hydroxyl groups is 2. The molecule has 0 aromatic heterocycles. The number of piperidine rings is 1. The Morgan fingerprint density at radius 1 is 1.00 bits per heavy atom. The van der Waals surface area contributed by atoms with Gasteiger partial charge in [0.25, 0.3) is 5.91 Å². The Labute approximate surface area is 198 Å². The second kappa shape index (κ2) is 7.73. The topological polar surface area (TPSA) is 81.1 Å². The fourth-order valence-corrected chi connectivity index (χ4v) is 6.40. The molecule has 3 aromatic rings. The van der Waals surface area contributed by atoms with E-state index in [4.69, 9.17) is 0 Å². The van der Waals surface area contributed by atoms with E-state index in [-0.39, 0.29) is 24.3 Å². The molecule has 1 saturated heterocycles. The van der Waals surface area contributed by atoms with Crippen LogP contribution in [-0.4, -0.2) is 45.9 Å². The van der Waals surface area contributed by atoms with Crippen LogP contribution in [0.1, 0.15) is 55.0 Å². The maximum absolute atomic E-state index is 13.5. The molecule has 0 unspecified atom stereocenters. The van der Waals surface area contributed by atoms with E-state index in [0.29, 0.717) is 11.3 Å². The number of Topliss-reactive ketones (excluding diaryl/α,β-unsaturated/α-hetero) is 1. The standard InChI is InChI=1S/C28H28N2O4/c1-17(31)16-28(34)22-10-2-3-11-23(22)30(27(28)33)19-12-14-29(15-13-19)25-20-8-4-6-18-7-5-9-21(24(18)20)26(25)32/h2-11,19,25-26,32,34H,12-16H2,1H3/t25-,26-,28-/m1/s1. The van der Waals surface area contributed by atoms with E-state index in [2.05, 4.69) is 29.2 Å². The summed E-state index contributed by atoms with van der Waals surface area (Å²) >= 11 is 0. The molecule has 2 aliphatic heterocycles. The van der Waals surface area contributed by atoms with Crippen LogP contribution >= 0.6 is 0 Å². The zero-order valence-corrected chi connectivity index (χ0v) is 19.1. The first-order chi connectivity index (χ1) is 16.4. The number of likely N-dealkylation sites (tertiary alicyclic amines) is 1. The molecule has 1 amide bonds. The van der Waals surface area contributed by atoms with Gasteiger partial charge in [-0.25, -0.2) is 0 Å². The van der Waals surface area contributed by atoms with E-state index in [1.165, 1.54) is 6.92 Å². The second-order valence-corrected chi connectivity index (χ2v) is 9.88. The Bertz CT molecular complexity index is 1310. The predicted molar refractivity (Wildman–Crippen MR) is 129 cm³/mol. The Hall–Kier alpha value is -3.06. The summed E-state index contributed by atoms with van der Waals surface area (Å²) in [6.45, 7) is 2.86. The number of para-hydroxylation sites is 1. The van der Waals surface area contributed by atoms with Gasteiger partial charge < -0.3 is 15.1 Å². The van der Waals surface area contributed by atoms with Crippen molar-refractivity contribution in [2.24, 2.45) is 0 Å². The Kier molecular flexibility index (Phi) is 4.88. The molecule has 1 aliphatic carbocycles. The van der Waals surface area contributed by atoms with E-state index >= 15 is 0 Å². The van der Waals surface area contributed by atoms with Gasteiger partial charge in [0.2, 0.25) is 0 Å². The molecular weight excluding hydrogens is 428 g/mol. The molecule has 34 heavy (non-hydrogen) atoms. The zero-order chi connectivity index (χ0) is 23.6. The quantitative estimate of drug-likeness (QED) is 0.627. The van der Waals surface area contributed by atoms with Gasteiger partial charge in [-0.05, 0) is 47.7 Å². The molecule has 3 aromatic carbocycles. The van der Waals surface area contributed by atoms with Gasteiger partial charge in [-0.3, -0.25) is 14.5 Å². The molecule has 3 atom stereocenters. The third-order valence-electron chi connectivity index (χ3n) is 7.85. The lowest BCUT2D eigenvalue weighted by molar-refractivity contribution is -0.141. The normalized spacial score (nSPS) is 26.9. The van der Waals surface area contributed by atoms with Crippen molar-refractivity contribution in [3.8, 4) is 0 Å². The summed E-state index contributed by atoms with van der Waals surface area (Å²) in [5, 5.41) is 24.8. The van der Waals surface area contributed by atoms with Crippen LogP contribution in [0.2, 0.25) is 0 Å². The molecule has 3 aliphatic rings. The number of ketones is 1. The number of hydrogen-bond acceptors (Lipinski definition) is 5. The molecule has 1 fully saturated rings. The monoisotopic (exact) mass is 456 g/mol. The van der Waals surface area contributed by atoms with Gasteiger partial charge in [0.15, 0.2) is 5.60 Å². The smallest absolute Gasteiger partial charge is 0.264 e. The lowest BCUT2D eigenvalue weighted by Gasteiger charge is -2.41. The maximum atomic E-state index is 13.5. The SMILES string of the molecule is CC(=O)C[C@]1(O)C(=O)N(C2CCN([C@@H]3c4cccc5cccc(c45)[C@H]3O)CC2)c2ccccc21. The van der Waals surface area contributed by atoms with Gasteiger partial charge in [-0.1, -0.05) is 54.6 Å². The highest BCUT2D eigenvalue weighted by Crippen LogP contribution is 2.49. The minimum Gasteiger partial charge on any atom is -0.386 e. The first kappa shape index (κ1) is 21.5. The number of anilines is 1. The minimum absolute atomic E-state index is 0.0670. The summed E-state index contributed by atoms with van der Waals surface area (Å²) in [5.41, 5.74) is 1.58. The summed E-state index contributed by atoms with van der Waals surface area (Å²) < 4.78 is 0. The lowest BCUT2D eigenvalue weighted by atomic mass is 9.90. The highest BCUT2D eigenvalue weighted by molar-refractivity contribution is 6.09. The molecule has 0 bridgehead atoms. The number of carbonyl (C=O) groups excluding carboxylic acids is 2. The Balaban J connectivity index is 1.26. The van der Waals surface area contributed by atoms with Crippen molar-refractivity contribution < 1.29 is 19.8 Å². The fraction of sp³-hybridized carbons (Fsp3) is 0.357. The average Bonchev–Trinajstić information content (AvgIpc) is 3.24. The second-order valence-electron chi connectivity index (χ2n) is 9.88. The summed E-state index contributed by atoms with van der Waals surface area (Å²) in [6.07, 6.45) is 0.666. The van der Waals surface area contributed by atoms with Crippen molar-refractivity contribution in [3.63, 3.8) is 0 Å². The van der Waals surface area contributed by atoms with Gasteiger partial charge in [0.05, 0.1) is 17.8 Å². The third-order valence-corrected chi connectivity index (χ3v) is 7.85. The summed E-state index contributed by atoms with van der Waals surface area (Å²) in [7, 11) is 0. The molecule has 2 heterocycles. The van der Waals surface area contributed by atoms with Gasteiger partial charge in [-0.2, -0.15) is 0 Å². The molecule has 6 heteroatoms.